The van der Waals surface area contributed by atoms with Gasteiger partial charge in [0.2, 0.25) is 5.91 Å². The van der Waals surface area contributed by atoms with Crippen molar-refractivity contribution in [2.24, 2.45) is 11.8 Å². The van der Waals surface area contributed by atoms with Gasteiger partial charge < -0.3 is 15.2 Å². The van der Waals surface area contributed by atoms with Crippen LogP contribution in [0.2, 0.25) is 5.02 Å². The number of ether oxygens (including phenoxy) is 1. The van der Waals surface area contributed by atoms with Crippen molar-refractivity contribution in [1.82, 2.24) is 0 Å². The van der Waals surface area contributed by atoms with E-state index in [4.69, 9.17) is 16.7 Å². The molecule has 1 aliphatic rings. The minimum Gasteiger partial charge on any atom is -0.481 e. The molecule has 1 aromatic carbocycles. The topological polar surface area (TPSA) is 92.7 Å². The van der Waals surface area contributed by atoms with Crippen LogP contribution in [0.25, 0.3) is 0 Å². The smallest absolute Gasteiger partial charge is 0.337 e. The van der Waals surface area contributed by atoms with E-state index >= 15 is 0 Å². The Kier molecular flexibility index (Phi) is 3.94. The summed E-state index contributed by atoms with van der Waals surface area (Å²) >= 11 is 5.93. The van der Waals surface area contributed by atoms with Crippen molar-refractivity contribution < 1.29 is 24.2 Å². The number of anilines is 1. The quantitative estimate of drug-likeness (QED) is 0.826. The second kappa shape index (κ2) is 5.50. The third-order valence-corrected chi connectivity index (χ3v) is 3.42. The number of hydrogen-bond donors (Lipinski definition) is 2. The van der Waals surface area contributed by atoms with Crippen LogP contribution in [0.5, 0.6) is 0 Å². The van der Waals surface area contributed by atoms with Crippen LogP contribution in [-0.2, 0) is 14.3 Å². The maximum Gasteiger partial charge on any atom is 0.337 e. The molecule has 6 nitrogen and oxygen atoms in total. The number of methoxy groups -OCH3 is 1. The Balaban J connectivity index is 2.11. The maximum absolute atomic E-state index is 11.8. The molecular weight excluding hydrogens is 286 g/mol. The highest BCUT2D eigenvalue weighted by Gasteiger charge is 2.48. The van der Waals surface area contributed by atoms with E-state index < -0.39 is 29.7 Å². The zero-order valence-electron chi connectivity index (χ0n) is 10.6. The van der Waals surface area contributed by atoms with E-state index in [1.54, 1.807) is 0 Å². The number of aliphatic carboxylic acids is 1. The normalized spacial score (nSPS) is 20.1. The number of nitrogens with one attached hydrogen (secondary N) is 1. The van der Waals surface area contributed by atoms with E-state index in [0.29, 0.717) is 6.42 Å². The molecule has 0 bridgehead atoms. The molecule has 2 unspecified atom stereocenters. The SMILES string of the molecule is COC(=O)c1ccc(Cl)c(NC(=O)C2CC2C(=O)O)c1. The first-order valence-electron chi connectivity index (χ1n) is 5.85. The lowest BCUT2D eigenvalue weighted by atomic mass is 10.2. The number of benzene rings is 1. The summed E-state index contributed by atoms with van der Waals surface area (Å²) in [5, 5.41) is 11.6. The highest BCUT2D eigenvalue weighted by molar-refractivity contribution is 6.34. The Morgan fingerprint density at radius 2 is 2.05 bits per heavy atom. The Hall–Kier alpha value is -2.08. The van der Waals surface area contributed by atoms with E-state index in [1.165, 1.54) is 25.3 Å². The second-order valence-corrected chi connectivity index (χ2v) is 4.87. The van der Waals surface area contributed by atoms with E-state index in [-0.39, 0.29) is 16.3 Å². The molecular formula is C13H12ClNO5. The number of halogens is 1. The number of carboxylic acid groups (broad SMARTS) is 1. The predicted molar refractivity (Wildman–Crippen MR) is 70.7 cm³/mol. The van der Waals surface area contributed by atoms with Gasteiger partial charge in [0.15, 0.2) is 0 Å². The fourth-order valence-corrected chi connectivity index (χ4v) is 2.01. The molecule has 20 heavy (non-hydrogen) atoms. The Labute approximate surface area is 119 Å². The molecule has 1 aromatic rings. The first-order chi connectivity index (χ1) is 9.43. The van der Waals surface area contributed by atoms with E-state index in [2.05, 4.69) is 10.1 Å². The number of rotatable bonds is 4. The molecule has 1 fully saturated rings. The Bertz CT molecular complexity index is 586. The summed E-state index contributed by atoms with van der Waals surface area (Å²) in [4.78, 5) is 33.9. The summed E-state index contributed by atoms with van der Waals surface area (Å²) in [6.45, 7) is 0. The largest absolute Gasteiger partial charge is 0.481 e. The minimum atomic E-state index is -0.987. The van der Waals surface area contributed by atoms with Crippen molar-refractivity contribution in [1.29, 1.82) is 0 Å². The molecule has 0 saturated heterocycles. The van der Waals surface area contributed by atoms with Gasteiger partial charge in [-0.2, -0.15) is 0 Å². The van der Waals surface area contributed by atoms with E-state index in [9.17, 15) is 14.4 Å². The van der Waals surface area contributed by atoms with Crippen LogP contribution in [0.3, 0.4) is 0 Å². The molecule has 2 N–H and O–H groups in total. The lowest BCUT2D eigenvalue weighted by Gasteiger charge is -2.08. The molecule has 2 atom stereocenters. The van der Waals surface area contributed by atoms with Crippen LogP contribution in [0.4, 0.5) is 5.69 Å². The van der Waals surface area contributed by atoms with Gasteiger partial charge in [-0.3, -0.25) is 9.59 Å². The average Bonchev–Trinajstić information content (AvgIpc) is 3.20. The van der Waals surface area contributed by atoms with Crippen LogP contribution >= 0.6 is 11.6 Å². The molecule has 0 radical (unpaired) electrons. The van der Waals surface area contributed by atoms with Crippen LogP contribution < -0.4 is 5.32 Å². The third kappa shape index (κ3) is 2.91. The van der Waals surface area contributed by atoms with Crippen molar-refractivity contribution in [2.45, 2.75) is 6.42 Å². The van der Waals surface area contributed by atoms with Gasteiger partial charge in [0, 0.05) is 0 Å². The summed E-state index contributed by atoms with van der Waals surface area (Å²) in [5.41, 5.74) is 0.508. The first kappa shape index (κ1) is 14.3. The van der Waals surface area contributed by atoms with E-state index in [0.717, 1.165) is 0 Å². The van der Waals surface area contributed by atoms with Crippen molar-refractivity contribution in [3.63, 3.8) is 0 Å². The van der Waals surface area contributed by atoms with Gasteiger partial charge in [-0.25, -0.2) is 4.79 Å². The van der Waals surface area contributed by atoms with Crippen molar-refractivity contribution in [3.8, 4) is 0 Å². The first-order valence-corrected chi connectivity index (χ1v) is 6.23. The number of carbonyl (C=O) groups is 3. The molecule has 2 rings (SSSR count). The highest BCUT2D eigenvalue weighted by atomic mass is 35.5. The summed E-state index contributed by atoms with van der Waals surface area (Å²) in [5.74, 6) is -3.14. The highest BCUT2D eigenvalue weighted by Crippen LogP contribution is 2.39. The Morgan fingerprint density at radius 1 is 1.35 bits per heavy atom. The Morgan fingerprint density at radius 3 is 2.60 bits per heavy atom. The standard InChI is InChI=1S/C13H12ClNO5/c1-20-13(19)6-2-3-9(14)10(4-6)15-11(16)7-5-8(7)12(17)18/h2-4,7-8H,5H2,1H3,(H,15,16)(H,17,18). The minimum absolute atomic E-state index is 0.248. The number of esters is 1. The summed E-state index contributed by atoms with van der Waals surface area (Å²) in [6.07, 6.45) is 0.315. The molecule has 0 spiro atoms. The van der Waals surface area contributed by atoms with Crippen molar-refractivity contribution >= 4 is 35.1 Å². The monoisotopic (exact) mass is 297 g/mol. The van der Waals surface area contributed by atoms with E-state index in [1.807, 2.05) is 0 Å². The predicted octanol–water partition coefficient (Wildman–Crippen LogP) is 1.79. The van der Waals surface area contributed by atoms with Gasteiger partial charge in [-0.1, -0.05) is 11.6 Å². The maximum atomic E-state index is 11.8. The zero-order chi connectivity index (χ0) is 14.9. The molecule has 0 aliphatic heterocycles. The van der Waals surface area contributed by atoms with Gasteiger partial charge >= 0.3 is 11.9 Å². The van der Waals surface area contributed by atoms with Crippen LogP contribution in [0.15, 0.2) is 18.2 Å². The molecule has 1 saturated carbocycles. The van der Waals surface area contributed by atoms with Gasteiger partial charge in [0.1, 0.15) is 0 Å². The van der Waals surface area contributed by atoms with Gasteiger partial charge in [-0.15, -0.1) is 0 Å². The summed E-state index contributed by atoms with van der Waals surface area (Å²) in [6, 6.07) is 4.33. The third-order valence-electron chi connectivity index (χ3n) is 3.09. The van der Waals surface area contributed by atoms with Crippen LogP contribution in [-0.4, -0.2) is 30.1 Å². The summed E-state index contributed by atoms with van der Waals surface area (Å²) in [7, 11) is 1.25. The van der Waals surface area contributed by atoms with Crippen LogP contribution in [0.1, 0.15) is 16.8 Å². The number of amides is 1. The second-order valence-electron chi connectivity index (χ2n) is 4.46. The number of carboxylic acids is 1. The van der Waals surface area contributed by atoms with Crippen molar-refractivity contribution in [2.75, 3.05) is 12.4 Å². The van der Waals surface area contributed by atoms with Gasteiger partial charge in [-0.05, 0) is 24.6 Å². The number of carbonyl (C=O) groups excluding carboxylic acids is 2. The van der Waals surface area contributed by atoms with Gasteiger partial charge in [0.05, 0.1) is 35.2 Å². The molecule has 1 aliphatic carbocycles. The van der Waals surface area contributed by atoms with Gasteiger partial charge in [0.25, 0.3) is 0 Å². The lowest BCUT2D eigenvalue weighted by molar-refractivity contribution is -0.139. The lowest BCUT2D eigenvalue weighted by Crippen LogP contribution is -2.17. The fourth-order valence-electron chi connectivity index (χ4n) is 1.85. The fraction of sp³-hybridized carbons (Fsp3) is 0.308. The number of hydrogen-bond acceptors (Lipinski definition) is 4. The average molecular weight is 298 g/mol. The molecule has 0 heterocycles. The van der Waals surface area contributed by atoms with Crippen LogP contribution in [0, 0.1) is 11.8 Å². The zero-order valence-corrected chi connectivity index (χ0v) is 11.3. The molecule has 106 valence electrons. The van der Waals surface area contributed by atoms with Crippen molar-refractivity contribution in [3.05, 3.63) is 28.8 Å². The molecule has 7 heteroatoms. The summed E-state index contributed by atoms with van der Waals surface area (Å²) < 4.78 is 4.57. The molecule has 0 aromatic heterocycles. The molecule has 1 amide bonds.